The van der Waals surface area contributed by atoms with Gasteiger partial charge in [0.25, 0.3) is 5.91 Å². The number of benzene rings is 1. The molecule has 114 valence electrons. The Morgan fingerprint density at radius 1 is 1.48 bits per heavy atom. The standard InChI is InChI=1S/C16H22N2O3/c1-11(15(20)18-10-14(19)16(2,3)4)21-13-7-5-6-12(8-13)9-17/h5-8,11,14,19H,10H2,1-4H3,(H,18,20). The van der Waals surface area contributed by atoms with Crippen LogP contribution in [0.15, 0.2) is 24.3 Å². The average molecular weight is 290 g/mol. The van der Waals surface area contributed by atoms with Gasteiger partial charge in [-0.15, -0.1) is 0 Å². The SMILES string of the molecule is CC(Oc1cccc(C#N)c1)C(=O)NCC(O)C(C)(C)C. The minimum atomic E-state index is -0.703. The first-order valence-corrected chi connectivity index (χ1v) is 6.86. The molecule has 1 aromatic carbocycles. The highest BCUT2D eigenvalue weighted by Gasteiger charge is 2.23. The van der Waals surface area contributed by atoms with Crippen LogP contribution in [0.3, 0.4) is 0 Å². The summed E-state index contributed by atoms with van der Waals surface area (Å²) in [7, 11) is 0. The Labute approximate surface area is 125 Å². The maximum Gasteiger partial charge on any atom is 0.260 e. The molecule has 0 radical (unpaired) electrons. The van der Waals surface area contributed by atoms with E-state index in [9.17, 15) is 9.90 Å². The molecule has 2 N–H and O–H groups in total. The van der Waals surface area contributed by atoms with Gasteiger partial charge < -0.3 is 15.2 Å². The molecule has 0 aliphatic heterocycles. The molecule has 0 aliphatic carbocycles. The Kier molecular flexibility index (Phi) is 5.74. The summed E-state index contributed by atoms with van der Waals surface area (Å²) < 4.78 is 5.49. The Morgan fingerprint density at radius 2 is 2.14 bits per heavy atom. The molecule has 5 nitrogen and oxygen atoms in total. The van der Waals surface area contributed by atoms with Crippen molar-refractivity contribution in [3.8, 4) is 11.8 Å². The highest BCUT2D eigenvalue weighted by Crippen LogP contribution is 2.18. The van der Waals surface area contributed by atoms with E-state index in [1.54, 1.807) is 31.2 Å². The lowest BCUT2D eigenvalue weighted by atomic mass is 9.89. The number of nitrogens with one attached hydrogen (secondary N) is 1. The van der Waals surface area contributed by atoms with Crippen molar-refractivity contribution >= 4 is 5.91 Å². The maximum absolute atomic E-state index is 11.9. The monoisotopic (exact) mass is 290 g/mol. The molecule has 2 atom stereocenters. The number of nitrogens with zero attached hydrogens (tertiary/aromatic N) is 1. The van der Waals surface area contributed by atoms with E-state index in [4.69, 9.17) is 10.00 Å². The number of amides is 1. The number of aliphatic hydroxyl groups excluding tert-OH is 1. The van der Waals surface area contributed by atoms with E-state index in [1.807, 2.05) is 26.8 Å². The third-order valence-corrected chi connectivity index (χ3v) is 3.11. The van der Waals surface area contributed by atoms with Gasteiger partial charge in [0.2, 0.25) is 0 Å². The van der Waals surface area contributed by atoms with Crippen molar-refractivity contribution in [3.05, 3.63) is 29.8 Å². The number of aliphatic hydroxyl groups is 1. The van der Waals surface area contributed by atoms with Gasteiger partial charge >= 0.3 is 0 Å². The van der Waals surface area contributed by atoms with Crippen LogP contribution in [0.25, 0.3) is 0 Å². The van der Waals surface area contributed by atoms with Crippen LogP contribution in [0.1, 0.15) is 33.3 Å². The summed E-state index contributed by atoms with van der Waals surface area (Å²) in [6, 6.07) is 8.64. The molecule has 5 heteroatoms. The van der Waals surface area contributed by atoms with Crippen LogP contribution in [-0.2, 0) is 4.79 Å². The predicted octanol–water partition coefficient (Wildman–Crippen LogP) is 1.85. The first-order valence-electron chi connectivity index (χ1n) is 6.86. The third kappa shape index (κ3) is 5.44. The van der Waals surface area contributed by atoms with E-state index in [-0.39, 0.29) is 17.9 Å². The quantitative estimate of drug-likeness (QED) is 0.867. The zero-order valence-corrected chi connectivity index (χ0v) is 12.9. The number of carbonyl (C=O) groups is 1. The number of carbonyl (C=O) groups excluding carboxylic acids is 1. The van der Waals surface area contributed by atoms with Crippen molar-refractivity contribution in [3.63, 3.8) is 0 Å². The number of ether oxygens (including phenoxy) is 1. The zero-order valence-electron chi connectivity index (χ0n) is 12.9. The molecule has 0 fully saturated rings. The Morgan fingerprint density at radius 3 is 2.71 bits per heavy atom. The van der Waals surface area contributed by atoms with Crippen LogP contribution in [0, 0.1) is 16.7 Å². The van der Waals surface area contributed by atoms with Crippen molar-refractivity contribution in [2.45, 2.75) is 39.9 Å². The van der Waals surface area contributed by atoms with E-state index < -0.39 is 12.2 Å². The second kappa shape index (κ2) is 7.09. The first kappa shape index (κ1) is 17.0. The normalized spacial score (nSPS) is 13.9. The van der Waals surface area contributed by atoms with Gasteiger partial charge in [-0.25, -0.2) is 0 Å². The van der Waals surface area contributed by atoms with E-state index >= 15 is 0 Å². The minimum Gasteiger partial charge on any atom is -0.481 e. The van der Waals surface area contributed by atoms with Crippen molar-refractivity contribution < 1.29 is 14.6 Å². The third-order valence-electron chi connectivity index (χ3n) is 3.11. The maximum atomic E-state index is 11.9. The van der Waals surface area contributed by atoms with Gasteiger partial charge in [-0.2, -0.15) is 5.26 Å². The summed E-state index contributed by atoms with van der Waals surface area (Å²) in [4.78, 5) is 11.9. The van der Waals surface area contributed by atoms with Crippen LogP contribution < -0.4 is 10.1 Å². The van der Waals surface area contributed by atoms with E-state index in [0.717, 1.165) is 0 Å². The lowest BCUT2D eigenvalue weighted by molar-refractivity contribution is -0.128. The fourth-order valence-electron chi connectivity index (χ4n) is 1.54. The van der Waals surface area contributed by atoms with Gasteiger partial charge in [-0.05, 0) is 30.5 Å². The molecule has 0 bridgehead atoms. The Balaban J connectivity index is 2.53. The lowest BCUT2D eigenvalue weighted by Gasteiger charge is -2.26. The highest BCUT2D eigenvalue weighted by atomic mass is 16.5. The highest BCUT2D eigenvalue weighted by molar-refractivity contribution is 5.80. The van der Waals surface area contributed by atoms with E-state index in [0.29, 0.717) is 11.3 Å². The number of nitriles is 1. The van der Waals surface area contributed by atoms with Crippen LogP contribution in [0.5, 0.6) is 5.75 Å². The van der Waals surface area contributed by atoms with Gasteiger partial charge in [0.15, 0.2) is 6.10 Å². The Hall–Kier alpha value is -2.06. The summed E-state index contributed by atoms with van der Waals surface area (Å²) in [5.41, 5.74) is 0.182. The van der Waals surface area contributed by atoms with Crippen molar-refractivity contribution in [1.82, 2.24) is 5.32 Å². The molecule has 0 saturated carbocycles. The summed E-state index contributed by atoms with van der Waals surface area (Å²) >= 11 is 0. The van der Waals surface area contributed by atoms with Crippen molar-refractivity contribution in [2.24, 2.45) is 5.41 Å². The molecule has 0 heterocycles. The fourth-order valence-corrected chi connectivity index (χ4v) is 1.54. The summed E-state index contributed by atoms with van der Waals surface area (Å²) in [6.45, 7) is 7.50. The largest absolute Gasteiger partial charge is 0.481 e. The summed E-state index contributed by atoms with van der Waals surface area (Å²) in [5, 5.41) is 21.4. The molecule has 1 amide bonds. The molecule has 1 aromatic rings. The van der Waals surface area contributed by atoms with Crippen LogP contribution in [0.2, 0.25) is 0 Å². The van der Waals surface area contributed by atoms with E-state index in [1.165, 1.54) is 0 Å². The number of hydrogen-bond donors (Lipinski definition) is 2. The molecule has 0 saturated heterocycles. The first-order chi connectivity index (χ1) is 9.74. The molecule has 21 heavy (non-hydrogen) atoms. The minimum absolute atomic E-state index is 0.175. The smallest absolute Gasteiger partial charge is 0.260 e. The van der Waals surface area contributed by atoms with Crippen LogP contribution in [0.4, 0.5) is 0 Å². The number of rotatable bonds is 5. The van der Waals surface area contributed by atoms with Gasteiger partial charge in [0.1, 0.15) is 5.75 Å². The van der Waals surface area contributed by atoms with Crippen LogP contribution in [-0.4, -0.2) is 29.8 Å². The lowest BCUT2D eigenvalue weighted by Crippen LogP contribution is -2.43. The summed E-state index contributed by atoms with van der Waals surface area (Å²) in [5.74, 6) is 0.161. The fraction of sp³-hybridized carbons (Fsp3) is 0.500. The van der Waals surface area contributed by atoms with Gasteiger partial charge in [0.05, 0.1) is 17.7 Å². The Bertz CT molecular complexity index is 529. The predicted molar refractivity (Wildman–Crippen MR) is 79.7 cm³/mol. The van der Waals surface area contributed by atoms with E-state index in [2.05, 4.69) is 5.32 Å². The van der Waals surface area contributed by atoms with Gasteiger partial charge in [-0.3, -0.25) is 4.79 Å². The van der Waals surface area contributed by atoms with Crippen molar-refractivity contribution in [2.75, 3.05) is 6.54 Å². The zero-order chi connectivity index (χ0) is 16.0. The molecular weight excluding hydrogens is 268 g/mol. The summed E-state index contributed by atoms with van der Waals surface area (Å²) in [6.07, 6.45) is -1.33. The topological polar surface area (TPSA) is 82.3 Å². The molecule has 0 aromatic heterocycles. The second-order valence-corrected chi connectivity index (χ2v) is 6.03. The molecule has 0 aliphatic rings. The molecule has 2 unspecified atom stereocenters. The molecule has 0 spiro atoms. The van der Waals surface area contributed by atoms with Crippen molar-refractivity contribution in [1.29, 1.82) is 5.26 Å². The molecule has 1 rings (SSSR count). The van der Waals surface area contributed by atoms with Crippen LogP contribution >= 0.6 is 0 Å². The number of hydrogen-bond acceptors (Lipinski definition) is 4. The van der Waals surface area contributed by atoms with Gasteiger partial charge in [-0.1, -0.05) is 26.8 Å². The van der Waals surface area contributed by atoms with Gasteiger partial charge in [0, 0.05) is 6.54 Å². The molecular formula is C16H22N2O3. The second-order valence-electron chi connectivity index (χ2n) is 6.03. The average Bonchev–Trinajstić information content (AvgIpc) is 2.43.